The van der Waals surface area contributed by atoms with Crippen LogP contribution in [0.2, 0.25) is 0 Å². The number of benzene rings is 2. The number of carbonyl (C=O) groups is 1. The summed E-state index contributed by atoms with van der Waals surface area (Å²) in [5.74, 6) is -0.174. The van der Waals surface area contributed by atoms with E-state index in [1.54, 1.807) is 29.1 Å². The fourth-order valence-corrected chi connectivity index (χ4v) is 4.49. The third kappa shape index (κ3) is 4.60. The first-order valence-electron chi connectivity index (χ1n) is 9.52. The maximum absolute atomic E-state index is 13.2. The molecule has 4 rings (SSSR count). The molecule has 2 aromatic carbocycles. The van der Waals surface area contributed by atoms with Gasteiger partial charge in [0.25, 0.3) is 5.56 Å². The second-order valence-electron chi connectivity index (χ2n) is 6.69. The highest BCUT2D eigenvalue weighted by atomic mass is 32.2. The average Bonchev–Trinajstić information content (AvgIpc) is 3.27. The summed E-state index contributed by atoms with van der Waals surface area (Å²) < 4.78 is 1.67. The summed E-state index contributed by atoms with van der Waals surface area (Å²) in [6.07, 6.45) is 2.35. The normalized spacial score (nSPS) is 12.0. The molecule has 0 aliphatic carbocycles. The lowest BCUT2D eigenvalue weighted by atomic mass is 10.1. The number of nitrogens with one attached hydrogen (secondary N) is 1. The second-order valence-corrected chi connectivity index (χ2v) is 8.89. The van der Waals surface area contributed by atoms with Crippen LogP contribution in [0, 0.1) is 0 Å². The van der Waals surface area contributed by atoms with E-state index in [4.69, 9.17) is 4.98 Å². The average molecular weight is 437 g/mol. The summed E-state index contributed by atoms with van der Waals surface area (Å²) in [5, 5.41) is 5.84. The van der Waals surface area contributed by atoms with E-state index in [1.807, 2.05) is 48.5 Å². The summed E-state index contributed by atoms with van der Waals surface area (Å²) in [4.78, 5) is 34.5. The molecule has 30 heavy (non-hydrogen) atoms. The van der Waals surface area contributed by atoms with E-state index in [0.717, 1.165) is 5.56 Å². The molecule has 0 spiro atoms. The van der Waals surface area contributed by atoms with Crippen LogP contribution in [0.4, 0.5) is 5.13 Å². The SMILES string of the molecule is CC(Sc1nc2ccccc2c(=O)n1CCc1ccccc1)C(=O)Nc1nccs1. The number of aromatic nitrogens is 3. The highest BCUT2D eigenvalue weighted by Crippen LogP contribution is 2.24. The Morgan fingerprint density at radius 3 is 2.70 bits per heavy atom. The molecule has 0 aliphatic heterocycles. The van der Waals surface area contributed by atoms with Crippen molar-refractivity contribution in [3.63, 3.8) is 0 Å². The minimum atomic E-state index is -0.440. The van der Waals surface area contributed by atoms with Gasteiger partial charge in [-0.05, 0) is 31.0 Å². The van der Waals surface area contributed by atoms with Gasteiger partial charge in [0.15, 0.2) is 10.3 Å². The van der Waals surface area contributed by atoms with Gasteiger partial charge in [-0.1, -0.05) is 54.2 Å². The zero-order valence-electron chi connectivity index (χ0n) is 16.3. The first kappa shape index (κ1) is 20.3. The molecule has 1 atom stereocenters. The number of rotatable bonds is 7. The number of para-hydroxylation sites is 1. The number of anilines is 1. The minimum absolute atomic E-state index is 0.0911. The minimum Gasteiger partial charge on any atom is -0.301 e. The van der Waals surface area contributed by atoms with Gasteiger partial charge in [0.1, 0.15) is 0 Å². The van der Waals surface area contributed by atoms with E-state index in [2.05, 4.69) is 10.3 Å². The molecule has 0 saturated heterocycles. The zero-order chi connectivity index (χ0) is 20.9. The Morgan fingerprint density at radius 2 is 1.93 bits per heavy atom. The molecule has 152 valence electrons. The van der Waals surface area contributed by atoms with Crippen molar-refractivity contribution in [1.29, 1.82) is 0 Å². The van der Waals surface area contributed by atoms with E-state index in [0.29, 0.717) is 34.2 Å². The van der Waals surface area contributed by atoms with E-state index in [-0.39, 0.29) is 11.5 Å². The molecule has 1 unspecified atom stereocenters. The standard InChI is InChI=1S/C22H20N4O2S2/c1-15(19(27)25-21-23-12-14-29-21)30-22-24-18-10-6-5-9-17(18)20(28)26(22)13-11-16-7-3-2-4-8-16/h2-10,12,14-15H,11,13H2,1H3,(H,23,25,27). The highest BCUT2D eigenvalue weighted by molar-refractivity contribution is 8.00. The maximum atomic E-state index is 13.2. The van der Waals surface area contributed by atoms with Crippen LogP contribution in [-0.4, -0.2) is 25.7 Å². The van der Waals surface area contributed by atoms with Crippen molar-refractivity contribution in [2.75, 3.05) is 5.32 Å². The predicted octanol–water partition coefficient (Wildman–Crippen LogP) is 4.22. The van der Waals surface area contributed by atoms with Crippen molar-refractivity contribution in [2.45, 2.75) is 30.3 Å². The van der Waals surface area contributed by atoms with Gasteiger partial charge < -0.3 is 5.32 Å². The molecular weight excluding hydrogens is 416 g/mol. The van der Waals surface area contributed by atoms with Crippen LogP contribution in [0.15, 0.2) is 76.1 Å². The van der Waals surface area contributed by atoms with Crippen molar-refractivity contribution in [3.8, 4) is 0 Å². The Morgan fingerprint density at radius 1 is 1.17 bits per heavy atom. The van der Waals surface area contributed by atoms with Gasteiger partial charge in [-0.2, -0.15) is 0 Å². The van der Waals surface area contributed by atoms with E-state index < -0.39 is 5.25 Å². The molecule has 0 bridgehead atoms. The number of thiazole rings is 1. The Hall–Kier alpha value is -2.97. The van der Waals surface area contributed by atoms with Gasteiger partial charge in [0, 0.05) is 18.1 Å². The Balaban J connectivity index is 1.63. The highest BCUT2D eigenvalue weighted by Gasteiger charge is 2.20. The van der Waals surface area contributed by atoms with E-state index in [1.165, 1.54) is 23.1 Å². The van der Waals surface area contributed by atoms with Gasteiger partial charge in [0.05, 0.1) is 16.2 Å². The summed E-state index contributed by atoms with van der Waals surface area (Å²) in [6.45, 7) is 2.29. The number of hydrogen-bond donors (Lipinski definition) is 1. The molecular formula is C22H20N4O2S2. The number of carbonyl (C=O) groups excluding carboxylic acids is 1. The summed E-state index contributed by atoms with van der Waals surface area (Å²) in [5.41, 5.74) is 1.68. The maximum Gasteiger partial charge on any atom is 0.262 e. The smallest absolute Gasteiger partial charge is 0.262 e. The topological polar surface area (TPSA) is 76.9 Å². The lowest BCUT2D eigenvalue weighted by Gasteiger charge is -2.16. The van der Waals surface area contributed by atoms with Crippen molar-refractivity contribution in [2.24, 2.45) is 0 Å². The van der Waals surface area contributed by atoms with Crippen LogP contribution in [0.1, 0.15) is 12.5 Å². The molecule has 4 aromatic rings. The number of aryl methyl sites for hydroxylation is 1. The molecule has 0 aliphatic rings. The third-order valence-corrected chi connectivity index (χ3v) is 6.39. The molecule has 0 radical (unpaired) electrons. The van der Waals surface area contributed by atoms with Gasteiger partial charge in [0.2, 0.25) is 5.91 Å². The first-order valence-corrected chi connectivity index (χ1v) is 11.3. The largest absolute Gasteiger partial charge is 0.301 e. The van der Waals surface area contributed by atoms with Crippen LogP contribution in [0.25, 0.3) is 10.9 Å². The van der Waals surface area contributed by atoms with E-state index >= 15 is 0 Å². The molecule has 2 aromatic heterocycles. The zero-order valence-corrected chi connectivity index (χ0v) is 18.0. The predicted molar refractivity (Wildman–Crippen MR) is 122 cm³/mol. The third-order valence-electron chi connectivity index (χ3n) is 4.61. The van der Waals surface area contributed by atoms with Gasteiger partial charge in [-0.15, -0.1) is 11.3 Å². The van der Waals surface area contributed by atoms with Crippen LogP contribution in [0.5, 0.6) is 0 Å². The Labute approximate surface area is 182 Å². The number of thioether (sulfide) groups is 1. The van der Waals surface area contributed by atoms with Crippen molar-refractivity contribution in [3.05, 3.63) is 82.1 Å². The molecule has 2 heterocycles. The molecule has 8 heteroatoms. The molecule has 1 amide bonds. The number of hydrogen-bond acceptors (Lipinski definition) is 6. The molecule has 0 fully saturated rings. The van der Waals surface area contributed by atoms with Crippen molar-refractivity contribution in [1.82, 2.24) is 14.5 Å². The second kappa shape index (κ2) is 9.23. The van der Waals surface area contributed by atoms with Crippen LogP contribution in [-0.2, 0) is 17.8 Å². The Bertz CT molecular complexity index is 1210. The Kier molecular flexibility index (Phi) is 6.25. The molecule has 0 saturated carbocycles. The number of fused-ring (bicyclic) bond motifs is 1. The molecule has 6 nitrogen and oxygen atoms in total. The fraction of sp³-hybridized carbons (Fsp3) is 0.182. The van der Waals surface area contributed by atoms with E-state index in [9.17, 15) is 9.59 Å². The molecule has 1 N–H and O–H groups in total. The van der Waals surface area contributed by atoms with Crippen molar-refractivity contribution >= 4 is 45.0 Å². The van der Waals surface area contributed by atoms with Gasteiger partial charge in [-0.25, -0.2) is 9.97 Å². The quantitative estimate of drug-likeness (QED) is 0.347. The van der Waals surface area contributed by atoms with Crippen LogP contribution < -0.4 is 10.9 Å². The number of amides is 1. The van der Waals surface area contributed by atoms with Crippen LogP contribution >= 0.6 is 23.1 Å². The fourth-order valence-electron chi connectivity index (χ4n) is 3.02. The monoisotopic (exact) mass is 436 g/mol. The van der Waals surface area contributed by atoms with Crippen LogP contribution in [0.3, 0.4) is 0 Å². The van der Waals surface area contributed by atoms with Crippen molar-refractivity contribution < 1.29 is 4.79 Å². The lowest BCUT2D eigenvalue weighted by molar-refractivity contribution is -0.115. The lowest BCUT2D eigenvalue weighted by Crippen LogP contribution is -2.27. The number of nitrogens with zero attached hydrogens (tertiary/aromatic N) is 3. The van der Waals surface area contributed by atoms with Gasteiger partial charge >= 0.3 is 0 Å². The summed E-state index contributed by atoms with van der Waals surface area (Å²) in [6, 6.07) is 17.3. The summed E-state index contributed by atoms with van der Waals surface area (Å²) >= 11 is 2.65. The first-order chi connectivity index (χ1) is 14.6. The van der Waals surface area contributed by atoms with Gasteiger partial charge in [-0.3, -0.25) is 14.2 Å². The summed E-state index contributed by atoms with van der Waals surface area (Å²) in [7, 11) is 0.